The minimum atomic E-state index is -0.891. The van der Waals surface area contributed by atoms with E-state index >= 15 is 0 Å². The molecule has 0 atom stereocenters. The SMILES string of the molecule is CC[Si](CC)(CC)C1SCCCS1. The standard InChI is InChI=1S/C10H22S2Si/c1-4-13(5-2,6-3)10-11-8-7-9-12-10/h10H,4-9H2,1-3H3. The van der Waals surface area contributed by atoms with Crippen LogP contribution in [0.25, 0.3) is 0 Å². The van der Waals surface area contributed by atoms with Crippen molar-refractivity contribution in [3.63, 3.8) is 0 Å². The molecule has 0 nitrogen and oxygen atoms in total. The maximum absolute atomic E-state index is 2.43. The van der Waals surface area contributed by atoms with Crippen molar-refractivity contribution in [2.75, 3.05) is 11.5 Å². The van der Waals surface area contributed by atoms with Gasteiger partial charge >= 0.3 is 0 Å². The quantitative estimate of drug-likeness (QED) is 0.668. The van der Waals surface area contributed by atoms with Crippen LogP contribution >= 0.6 is 23.5 Å². The van der Waals surface area contributed by atoms with Crippen LogP contribution in [0.2, 0.25) is 18.1 Å². The van der Waals surface area contributed by atoms with Gasteiger partial charge in [0.15, 0.2) is 0 Å². The third kappa shape index (κ3) is 2.69. The summed E-state index contributed by atoms with van der Waals surface area (Å²) < 4.78 is 1.02. The van der Waals surface area contributed by atoms with E-state index in [9.17, 15) is 0 Å². The van der Waals surface area contributed by atoms with E-state index in [2.05, 4.69) is 44.3 Å². The summed E-state index contributed by atoms with van der Waals surface area (Å²) >= 11 is 4.54. The first-order valence-electron chi connectivity index (χ1n) is 5.52. The van der Waals surface area contributed by atoms with Crippen molar-refractivity contribution >= 4 is 31.6 Å². The molecule has 1 saturated heterocycles. The van der Waals surface area contributed by atoms with E-state index < -0.39 is 8.07 Å². The summed E-state index contributed by atoms with van der Waals surface area (Å²) in [6.45, 7) is 7.28. The minimum Gasteiger partial charge on any atom is -0.151 e. The Balaban J connectivity index is 2.60. The van der Waals surface area contributed by atoms with Crippen LogP contribution < -0.4 is 0 Å². The fourth-order valence-corrected chi connectivity index (χ4v) is 13.3. The van der Waals surface area contributed by atoms with Gasteiger partial charge in [-0.05, 0) is 17.9 Å². The second-order valence-electron chi connectivity index (χ2n) is 3.85. The Hall–Kier alpha value is 0.917. The molecule has 0 aromatic heterocycles. The molecule has 0 spiro atoms. The molecule has 0 radical (unpaired) electrons. The van der Waals surface area contributed by atoms with Crippen LogP contribution in [-0.2, 0) is 0 Å². The van der Waals surface area contributed by atoms with Gasteiger partial charge in [0, 0.05) is 4.21 Å². The molecule has 0 aliphatic carbocycles. The predicted octanol–water partition coefficient (Wildman–Crippen LogP) is 4.23. The lowest BCUT2D eigenvalue weighted by molar-refractivity contribution is 1.09. The molecule has 1 heterocycles. The molecule has 0 aromatic carbocycles. The van der Waals surface area contributed by atoms with Crippen LogP contribution in [0.3, 0.4) is 0 Å². The summed E-state index contributed by atoms with van der Waals surface area (Å²) in [5, 5.41) is 0. The van der Waals surface area contributed by atoms with Crippen molar-refractivity contribution < 1.29 is 0 Å². The zero-order chi connectivity index (χ0) is 9.73. The van der Waals surface area contributed by atoms with Gasteiger partial charge in [0.25, 0.3) is 0 Å². The van der Waals surface area contributed by atoms with Gasteiger partial charge in [-0.3, -0.25) is 0 Å². The highest BCUT2D eigenvalue weighted by Crippen LogP contribution is 2.42. The summed E-state index contributed by atoms with van der Waals surface area (Å²) in [5.74, 6) is 2.85. The summed E-state index contributed by atoms with van der Waals surface area (Å²) in [6, 6.07) is 4.47. The third-order valence-corrected chi connectivity index (χ3v) is 15.1. The van der Waals surface area contributed by atoms with E-state index in [0.29, 0.717) is 0 Å². The number of hydrogen-bond donors (Lipinski definition) is 0. The van der Waals surface area contributed by atoms with Crippen molar-refractivity contribution in [2.45, 2.75) is 49.5 Å². The Morgan fingerprint density at radius 2 is 1.46 bits per heavy atom. The second kappa shape index (κ2) is 5.71. The fraction of sp³-hybridized carbons (Fsp3) is 1.00. The topological polar surface area (TPSA) is 0 Å². The summed E-state index contributed by atoms with van der Waals surface area (Å²) in [6.07, 6.45) is 1.44. The molecule has 1 rings (SSSR count). The molecule has 0 unspecified atom stereocenters. The first-order chi connectivity index (χ1) is 6.29. The van der Waals surface area contributed by atoms with E-state index in [1.165, 1.54) is 36.1 Å². The van der Waals surface area contributed by atoms with E-state index in [0.717, 1.165) is 4.21 Å². The average Bonchev–Trinajstić information content (AvgIpc) is 2.23. The number of hydrogen-bond acceptors (Lipinski definition) is 2. The molecule has 3 heteroatoms. The van der Waals surface area contributed by atoms with E-state index in [1.54, 1.807) is 0 Å². The normalized spacial score (nSPS) is 20.5. The van der Waals surface area contributed by atoms with Gasteiger partial charge in [0.2, 0.25) is 0 Å². The van der Waals surface area contributed by atoms with Crippen LogP contribution in [0.1, 0.15) is 27.2 Å². The van der Waals surface area contributed by atoms with Crippen LogP contribution in [-0.4, -0.2) is 23.8 Å². The molecule has 0 amide bonds. The lowest BCUT2D eigenvalue weighted by atomic mass is 10.6. The molecular weight excluding hydrogens is 212 g/mol. The van der Waals surface area contributed by atoms with E-state index in [4.69, 9.17) is 0 Å². The molecule has 0 bridgehead atoms. The third-order valence-electron chi connectivity index (χ3n) is 3.44. The van der Waals surface area contributed by atoms with E-state index in [-0.39, 0.29) is 0 Å². The van der Waals surface area contributed by atoms with Gasteiger partial charge in [-0.25, -0.2) is 0 Å². The highest BCUT2D eigenvalue weighted by atomic mass is 32.2. The van der Waals surface area contributed by atoms with E-state index in [1.807, 2.05) is 0 Å². The Morgan fingerprint density at radius 3 is 1.85 bits per heavy atom. The maximum Gasteiger partial charge on any atom is 0.0796 e. The summed E-state index contributed by atoms with van der Waals surface area (Å²) in [7, 11) is -0.891. The van der Waals surface area contributed by atoms with Gasteiger partial charge in [-0.1, -0.05) is 38.9 Å². The molecule has 0 saturated carbocycles. The van der Waals surface area contributed by atoms with Gasteiger partial charge in [-0.15, -0.1) is 0 Å². The van der Waals surface area contributed by atoms with Crippen molar-refractivity contribution in [3.05, 3.63) is 0 Å². The number of rotatable bonds is 4. The lowest BCUT2D eigenvalue weighted by Crippen LogP contribution is -2.43. The Labute approximate surface area is 92.6 Å². The van der Waals surface area contributed by atoms with Crippen molar-refractivity contribution in [1.82, 2.24) is 0 Å². The first-order valence-corrected chi connectivity index (χ1v) is 10.3. The molecule has 1 aliphatic heterocycles. The van der Waals surface area contributed by atoms with Crippen LogP contribution in [0.15, 0.2) is 0 Å². The maximum atomic E-state index is 2.43. The molecule has 0 aromatic rings. The highest BCUT2D eigenvalue weighted by Gasteiger charge is 2.37. The zero-order valence-electron chi connectivity index (χ0n) is 9.14. The van der Waals surface area contributed by atoms with Gasteiger partial charge < -0.3 is 0 Å². The Morgan fingerprint density at radius 1 is 1.00 bits per heavy atom. The molecule has 13 heavy (non-hydrogen) atoms. The van der Waals surface area contributed by atoms with Crippen molar-refractivity contribution in [1.29, 1.82) is 0 Å². The van der Waals surface area contributed by atoms with Gasteiger partial charge in [-0.2, -0.15) is 23.5 Å². The molecule has 78 valence electrons. The molecular formula is C10H22S2Si. The van der Waals surface area contributed by atoms with Crippen LogP contribution in [0, 0.1) is 0 Å². The van der Waals surface area contributed by atoms with Crippen molar-refractivity contribution in [2.24, 2.45) is 0 Å². The largest absolute Gasteiger partial charge is 0.151 e. The number of thioether (sulfide) groups is 2. The smallest absolute Gasteiger partial charge is 0.0796 e. The lowest BCUT2D eigenvalue weighted by Gasteiger charge is -2.38. The van der Waals surface area contributed by atoms with Gasteiger partial charge in [0.1, 0.15) is 0 Å². The van der Waals surface area contributed by atoms with Crippen LogP contribution in [0.5, 0.6) is 0 Å². The molecule has 0 N–H and O–H groups in total. The van der Waals surface area contributed by atoms with Crippen molar-refractivity contribution in [3.8, 4) is 0 Å². The minimum absolute atomic E-state index is 0.891. The summed E-state index contributed by atoms with van der Waals surface area (Å²) in [4.78, 5) is 0. The Bertz CT molecular complexity index is 132. The van der Waals surface area contributed by atoms with Crippen LogP contribution in [0.4, 0.5) is 0 Å². The monoisotopic (exact) mass is 234 g/mol. The fourth-order valence-electron chi connectivity index (χ4n) is 2.09. The zero-order valence-corrected chi connectivity index (χ0v) is 11.8. The summed E-state index contributed by atoms with van der Waals surface area (Å²) in [5.41, 5.74) is 0. The molecule has 1 fully saturated rings. The second-order valence-corrected chi connectivity index (χ2v) is 12.8. The predicted molar refractivity (Wildman–Crippen MR) is 70.5 cm³/mol. The Kier molecular flexibility index (Phi) is 5.27. The first kappa shape index (κ1) is 12.0. The average molecular weight is 235 g/mol. The molecule has 1 aliphatic rings. The highest BCUT2D eigenvalue weighted by molar-refractivity contribution is 8.20. The van der Waals surface area contributed by atoms with Gasteiger partial charge in [0.05, 0.1) is 8.07 Å².